The minimum absolute atomic E-state index is 0.111. The lowest BCUT2D eigenvalue weighted by molar-refractivity contribution is 0.103. The number of methoxy groups -OCH3 is 1. The Morgan fingerprint density at radius 2 is 1.90 bits per heavy atom. The maximum absolute atomic E-state index is 5.57. The molecular weight excluding hydrogens is 268 g/mol. The summed E-state index contributed by atoms with van der Waals surface area (Å²) in [6.45, 7) is 0. The third-order valence-corrected chi connectivity index (χ3v) is 5.05. The van der Waals surface area contributed by atoms with E-state index < -0.39 is 0 Å². The number of aromatic nitrogens is 4. The van der Waals surface area contributed by atoms with Crippen LogP contribution >= 0.6 is 0 Å². The number of rotatable bonds is 3. The standard InChI is InChI=1S/C15H18N4O2/c1-20-12-3-2-11(17-18-12)13-16-14(21-19-13)15-7-4-10(5-8-15)6-9-15/h2-3,10H,4-9H2,1H3. The van der Waals surface area contributed by atoms with E-state index in [0.717, 1.165) is 11.8 Å². The molecular formula is C15H18N4O2. The molecule has 3 aliphatic rings. The minimum Gasteiger partial charge on any atom is -0.480 e. The molecule has 2 aromatic rings. The molecule has 5 rings (SSSR count). The Morgan fingerprint density at radius 3 is 2.52 bits per heavy atom. The van der Waals surface area contributed by atoms with Crippen LogP contribution in [0, 0.1) is 5.92 Å². The number of ether oxygens (including phenoxy) is 1. The molecule has 0 atom stereocenters. The lowest BCUT2D eigenvalue weighted by Gasteiger charge is -2.43. The third kappa shape index (κ3) is 2.09. The van der Waals surface area contributed by atoms with Gasteiger partial charge in [0.15, 0.2) is 0 Å². The van der Waals surface area contributed by atoms with E-state index in [1.54, 1.807) is 19.2 Å². The van der Waals surface area contributed by atoms with Gasteiger partial charge in [0, 0.05) is 11.5 Å². The van der Waals surface area contributed by atoms with Gasteiger partial charge in [0.25, 0.3) is 0 Å². The van der Waals surface area contributed by atoms with Crippen molar-refractivity contribution in [1.29, 1.82) is 0 Å². The third-order valence-electron chi connectivity index (χ3n) is 5.05. The van der Waals surface area contributed by atoms with Gasteiger partial charge in [-0.3, -0.25) is 0 Å². The molecule has 21 heavy (non-hydrogen) atoms. The normalized spacial score (nSPS) is 27.8. The first-order valence-corrected chi connectivity index (χ1v) is 7.51. The first kappa shape index (κ1) is 12.7. The fourth-order valence-corrected chi connectivity index (χ4v) is 3.66. The van der Waals surface area contributed by atoms with E-state index in [4.69, 9.17) is 9.26 Å². The van der Waals surface area contributed by atoms with Crippen LogP contribution in [0.2, 0.25) is 0 Å². The molecule has 0 radical (unpaired) electrons. The zero-order valence-electron chi connectivity index (χ0n) is 12.1. The van der Waals surface area contributed by atoms with Gasteiger partial charge in [0.2, 0.25) is 17.6 Å². The second-order valence-electron chi connectivity index (χ2n) is 6.15. The topological polar surface area (TPSA) is 73.9 Å². The van der Waals surface area contributed by atoms with Crippen LogP contribution in [-0.2, 0) is 5.41 Å². The molecule has 6 nitrogen and oxygen atoms in total. The molecule has 2 aromatic heterocycles. The Balaban J connectivity index is 1.62. The Kier molecular flexibility index (Phi) is 2.90. The monoisotopic (exact) mass is 286 g/mol. The average molecular weight is 286 g/mol. The molecule has 3 fully saturated rings. The highest BCUT2D eigenvalue weighted by molar-refractivity contribution is 5.47. The minimum atomic E-state index is 0.111. The van der Waals surface area contributed by atoms with Crippen LogP contribution in [0.25, 0.3) is 11.5 Å². The molecule has 6 heteroatoms. The first-order valence-electron chi connectivity index (χ1n) is 7.51. The highest BCUT2D eigenvalue weighted by atomic mass is 16.5. The molecule has 2 bridgehead atoms. The van der Waals surface area contributed by atoms with E-state index in [9.17, 15) is 0 Å². The molecule has 0 unspecified atom stereocenters. The Hall–Kier alpha value is -1.98. The first-order chi connectivity index (χ1) is 10.3. The summed E-state index contributed by atoms with van der Waals surface area (Å²) in [6.07, 6.45) is 7.40. The number of hydrogen-bond donors (Lipinski definition) is 0. The molecule has 0 amide bonds. The predicted octanol–water partition coefficient (Wildman–Crippen LogP) is 2.76. The van der Waals surface area contributed by atoms with Crippen molar-refractivity contribution in [2.45, 2.75) is 43.9 Å². The van der Waals surface area contributed by atoms with Gasteiger partial charge in [0.1, 0.15) is 5.69 Å². The molecule has 0 spiro atoms. The fraction of sp³-hybridized carbons (Fsp3) is 0.600. The zero-order chi connectivity index (χ0) is 14.3. The van der Waals surface area contributed by atoms with Crippen LogP contribution in [-0.4, -0.2) is 27.4 Å². The van der Waals surface area contributed by atoms with Crippen molar-refractivity contribution < 1.29 is 9.26 Å². The number of nitrogens with zero attached hydrogens (tertiary/aromatic N) is 4. The van der Waals surface area contributed by atoms with Gasteiger partial charge < -0.3 is 9.26 Å². The second kappa shape index (κ2) is 4.79. The quantitative estimate of drug-likeness (QED) is 0.863. The van der Waals surface area contributed by atoms with Crippen LogP contribution in [0.1, 0.15) is 44.4 Å². The van der Waals surface area contributed by atoms with Crippen molar-refractivity contribution in [1.82, 2.24) is 20.3 Å². The predicted molar refractivity (Wildman–Crippen MR) is 74.7 cm³/mol. The summed E-state index contributed by atoms with van der Waals surface area (Å²) in [4.78, 5) is 4.61. The molecule has 0 aliphatic heterocycles. The van der Waals surface area contributed by atoms with E-state index in [1.807, 2.05) is 0 Å². The lowest BCUT2D eigenvalue weighted by Crippen LogP contribution is -2.37. The molecule has 0 aromatic carbocycles. The zero-order valence-corrected chi connectivity index (χ0v) is 12.1. The van der Waals surface area contributed by atoms with E-state index >= 15 is 0 Å². The van der Waals surface area contributed by atoms with Gasteiger partial charge in [-0.25, -0.2) is 0 Å². The molecule has 2 heterocycles. The summed E-state index contributed by atoms with van der Waals surface area (Å²) in [5.74, 6) is 2.70. The summed E-state index contributed by atoms with van der Waals surface area (Å²) < 4.78 is 10.6. The van der Waals surface area contributed by atoms with Crippen LogP contribution in [0.3, 0.4) is 0 Å². The Morgan fingerprint density at radius 1 is 1.14 bits per heavy atom. The Bertz CT molecular complexity index is 616. The highest BCUT2D eigenvalue weighted by Crippen LogP contribution is 2.51. The van der Waals surface area contributed by atoms with E-state index in [-0.39, 0.29) is 5.41 Å². The van der Waals surface area contributed by atoms with Crippen LogP contribution in [0.5, 0.6) is 5.88 Å². The van der Waals surface area contributed by atoms with Gasteiger partial charge in [0.05, 0.1) is 7.11 Å². The molecule has 3 saturated carbocycles. The van der Waals surface area contributed by atoms with E-state index in [1.165, 1.54) is 38.5 Å². The van der Waals surface area contributed by atoms with Crippen molar-refractivity contribution in [2.75, 3.05) is 7.11 Å². The van der Waals surface area contributed by atoms with E-state index in [2.05, 4.69) is 20.3 Å². The van der Waals surface area contributed by atoms with Crippen molar-refractivity contribution >= 4 is 0 Å². The molecule has 3 aliphatic carbocycles. The van der Waals surface area contributed by atoms with Crippen LogP contribution in [0.4, 0.5) is 0 Å². The second-order valence-corrected chi connectivity index (χ2v) is 6.15. The smallest absolute Gasteiger partial charge is 0.233 e. The summed E-state index contributed by atoms with van der Waals surface area (Å²) in [5, 5.41) is 12.1. The summed E-state index contributed by atoms with van der Waals surface area (Å²) in [6, 6.07) is 3.55. The fourth-order valence-electron chi connectivity index (χ4n) is 3.66. The van der Waals surface area contributed by atoms with Gasteiger partial charge in [-0.05, 0) is 50.5 Å². The SMILES string of the molecule is COc1ccc(-c2noc(C34CCC(CC3)CC4)n2)nn1. The summed E-state index contributed by atoms with van der Waals surface area (Å²) in [7, 11) is 1.56. The van der Waals surface area contributed by atoms with Gasteiger partial charge in [-0.1, -0.05) is 5.16 Å². The van der Waals surface area contributed by atoms with Crippen molar-refractivity contribution in [3.63, 3.8) is 0 Å². The van der Waals surface area contributed by atoms with Gasteiger partial charge in [-0.2, -0.15) is 4.98 Å². The lowest BCUT2D eigenvalue weighted by atomic mass is 9.60. The maximum atomic E-state index is 5.57. The van der Waals surface area contributed by atoms with Crippen LogP contribution < -0.4 is 4.74 Å². The van der Waals surface area contributed by atoms with E-state index in [0.29, 0.717) is 17.4 Å². The van der Waals surface area contributed by atoms with Crippen molar-refractivity contribution in [3.8, 4) is 17.4 Å². The summed E-state index contributed by atoms with van der Waals surface area (Å²) in [5.41, 5.74) is 0.728. The van der Waals surface area contributed by atoms with Gasteiger partial charge in [-0.15, -0.1) is 10.2 Å². The largest absolute Gasteiger partial charge is 0.480 e. The molecule has 0 saturated heterocycles. The maximum Gasteiger partial charge on any atom is 0.233 e. The van der Waals surface area contributed by atoms with Crippen molar-refractivity contribution in [3.05, 3.63) is 18.0 Å². The Labute approximate surface area is 122 Å². The summed E-state index contributed by atoms with van der Waals surface area (Å²) >= 11 is 0. The van der Waals surface area contributed by atoms with Crippen molar-refractivity contribution in [2.24, 2.45) is 5.92 Å². The average Bonchev–Trinajstić information content (AvgIpc) is 3.07. The molecule has 0 N–H and O–H groups in total. The number of fused-ring (bicyclic) bond motifs is 3. The highest BCUT2D eigenvalue weighted by Gasteiger charge is 2.45. The van der Waals surface area contributed by atoms with Gasteiger partial charge >= 0.3 is 0 Å². The number of hydrogen-bond acceptors (Lipinski definition) is 6. The molecule has 110 valence electrons. The van der Waals surface area contributed by atoms with Crippen LogP contribution in [0.15, 0.2) is 16.7 Å².